The number of amides is 1. The summed E-state index contributed by atoms with van der Waals surface area (Å²) in [5, 5.41) is 4.11. The molecule has 0 unspecified atom stereocenters. The van der Waals surface area contributed by atoms with E-state index in [2.05, 4.69) is 20.1 Å². The van der Waals surface area contributed by atoms with Crippen LogP contribution in [0.3, 0.4) is 0 Å². The van der Waals surface area contributed by atoms with Crippen molar-refractivity contribution in [2.45, 2.75) is 25.9 Å². The molecular formula is C22H18FN5O2. The highest BCUT2D eigenvalue weighted by atomic mass is 19.1. The lowest BCUT2D eigenvalue weighted by atomic mass is 10.0. The zero-order valence-corrected chi connectivity index (χ0v) is 16.2. The molecule has 0 spiro atoms. The van der Waals surface area contributed by atoms with E-state index >= 15 is 0 Å². The second-order valence-electron chi connectivity index (χ2n) is 7.31. The van der Waals surface area contributed by atoms with E-state index in [0.717, 1.165) is 22.5 Å². The molecule has 3 heterocycles. The van der Waals surface area contributed by atoms with Crippen LogP contribution in [0.1, 0.15) is 39.2 Å². The highest BCUT2D eigenvalue weighted by Crippen LogP contribution is 2.33. The van der Waals surface area contributed by atoms with Crippen molar-refractivity contribution in [2.75, 3.05) is 0 Å². The fourth-order valence-electron chi connectivity index (χ4n) is 3.62. The van der Waals surface area contributed by atoms with Crippen LogP contribution in [0.15, 0.2) is 59.4 Å². The Hall–Kier alpha value is -3.81. The van der Waals surface area contributed by atoms with E-state index in [9.17, 15) is 9.18 Å². The Labute approximate surface area is 171 Å². The highest BCUT2D eigenvalue weighted by molar-refractivity contribution is 5.94. The normalized spacial score (nSPS) is 15.8. The summed E-state index contributed by atoms with van der Waals surface area (Å²) in [6.45, 7) is 2.33. The molecule has 150 valence electrons. The molecule has 2 aromatic heterocycles. The number of aromatic amines is 1. The van der Waals surface area contributed by atoms with Crippen molar-refractivity contribution < 1.29 is 13.7 Å². The van der Waals surface area contributed by atoms with Crippen LogP contribution in [0.5, 0.6) is 0 Å². The van der Waals surface area contributed by atoms with Gasteiger partial charge < -0.3 is 14.4 Å². The first-order chi connectivity index (χ1) is 14.6. The maximum Gasteiger partial charge on any atom is 0.254 e. The minimum atomic E-state index is -0.468. The van der Waals surface area contributed by atoms with Gasteiger partial charge in [-0.3, -0.25) is 4.79 Å². The minimum absolute atomic E-state index is 0.240. The van der Waals surface area contributed by atoms with Gasteiger partial charge in [0.25, 0.3) is 5.91 Å². The van der Waals surface area contributed by atoms with Crippen molar-refractivity contribution in [3.8, 4) is 11.4 Å². The molecule has 0 aliphatic carbocycles. The molecule has 1 aliphatic heterocycles. The van der Waals surface area contributed by atoms with Gasteiger partial charge in [-0.2, -0.15) is 4.98 Å². The van der Waals surface area contributed by atoms with Crippen molar-refractivity contribution in [2.24, 2.45) is 0 Å². The van der Waals surface area contributed by atoms with E-state index in [1.165, 1.54) is 24.3 Å². The third kappa shape index (κ3) is 3.26. The fraction of sp³-hybridized carbons (Fsp3) is 0.182. The molecule has 0 saturated heterocycles. The monoisotopic (exact) mass is 403 g/mol. The van der Waals surface area contributed by atoms with Crippen molar-refractivity contribution in [1.29, 1.82) is 0 Å². The molecule has 0 fully saturated rings. The summed E-state index contributed by atoms with van der Waals surface area (Å²) >= 11 is 0. The van der Waals surface area contributed by atoms with Gasteiger partial charge in [-0.05, 0) is 31.2 Å². The van der Waals surface area contributed by atoms with E-state index < -0.39 is 11.9 Å². The highest BCUT2D eigenvalue weighted by Gasteiger charge is 2.36. The standard InChI is InChI=1S/C22H18FN5O2/c1-13-2-4-14(5-3-13)20-26-21(30-27-20)19-10-17-18(25-12-24-17)11-28(19)22(29)15-6-8-16(23)9-7-15/h2-9,12,19H,10-11H2,1H3,(H,24,25)/t19-/m0/s1. The van der Waals surface area contributed by atoms with E-state index in [1.54, 1.807) is 11.2 Å². The molecule has 30 heavy (non-hydrogen) atoms. The maximum atomic E-state index is 13.3. The lowest BCUT2D eigenvalue weighted by Crippen LogP contribution is -2.39. The number of nitrogens with one attached hydrogen (secondary N) is 1. The van der Waals surface area contributed by atoms with Gasteiger partial charge in [-0.25, -0.2) is 9.37 Å². The molecular weight excluding hydrogens is 385 g/mol. The number of hydrogen-bond donors (Lipinski definition) is 1. The fourth-order valence-corrected chi connectivity index (χ4v) is 3.62. The SMILES string of the molecule is Cc1ccc(-c2noc([C@@H]3Cc4nc[nH]c4CN3C(=O)c3ccc(F)cc3)n2)cc1. The Kier molecular flexibility index (Phi) is 4.39. The first kappa shape index (κ1) is 18.2. The second-order valence-corrected chi connectivity index (χ2v) is 7.31. The molecule has 4 aromatic rings. The predicted molar refractivity (Wildman–Crippen MR) is 106 cm³/mol. The number of fused-ring (bicyclic) bond motifs is 1. The number of hydrogen-bond acceptors (Lipinski definition) is 5. The van der Waals surface area contributed by atoms with Crippen molar-refractivity contribution >= 4 is 5.91 Å². The second kappa shape index (κ2) is 7.22. The Morgan fingerprint density at radius 3 is 2.70 bits per heavy atom. The van der Waals surface area contributed by atoms with Crippen LogP contribution in [0.4, 0.5) is 4.39 Å². The molecule has 0 radical (unpaired) electrons. The Morgan fingerprint density at radius 2 is 1.93 bits per heavy atom. The van der Waals surface area contributed by atoms with E-state index in [0.29, 0.717) is 30.2 Å². The van der Waals surface area contributed by atoms with Gasteiger partial charge in [0.15, 0.2) is 0 Å². The largest absolute Gasteiger partial charge is 0.347 e. The van der Waals surface area contributed by atoms with Crippen LogP contribution in [-0.4, -0.2) is 30.9 Å². The Balaban J connectivity index is 1.50. The van der Waals surface area contributed by atoms with Gasteiger partial charge in [0.1, 0.15) is 11.9 Å². The molecule has 0 saturated carbocycles. The first-order valence-corrected chi connectivity index (χ1v) is 9.57. The predicted octanol–water partition coefficient (Wildman–Crippen LogP) is 3.85. The summed E-state index contributed by atoms with van der Waals surface area (Å²) in [6.07, 6.45) is 2.06. The lowest BCUT2D eigenvalue weighted by molar-refractivity contribution is 0.0589. The van der Waals surface area contributed by atoms with Gasteiger partial charge in [0.2, 0.25) is 11.7 Å². The van der Waals surface area contributed by atoms with Crippen LogP contribution >= 0.6 is 0 Å². The van der Waals surface area contributed by atoms with Crippen molar-refractivity contribution in [1.82, 2.24) is 25.0 Å². The van der Waals surface area contributed by atoms with E-state index in [1.807, 2.05) is 31.2 Å². The number of H-pyrrole nitrogens is 1. The van der Waals surface area contributed by atoms with E-state index in [4.69, 9.17) is 4.52 Å². The lowest BCUT2D eigenvalue weighted by Gasteiger charge is -2.32. The number of carbonyl (C=O) groups is 1. The Bertz CT molecular complexity index is 1200. The van der Waals surface area contributed by atoms with Gasteiger partial charge in [0.05, 0.1) is 24.3 Å². The van der Waals surface area contributed by atoms with E-state index in [-0.39, 0.29) is 5.91 Å². The topological polar surface area (TPSA) is 87.9 Å². The summed E-state index contributed by atoms with van der Waals surface area (Å²) in [4.78, 5) is 26.9. The number of halogens is 1. The number of benzene rings is 2. The quantitative estimate of drug-likeness (QED) is 0.561. The summed E-state index contributed by atoms with van der Waals surface area (Å²) in [7, 11) is 0. The molecule has 0 bridgehead atoms. The zero-order chi connectivity index (χ0) is 20.7. The molecule has 2 aromatic carbocycles. The van der Waals surface area contributed by atoms with Crippen LogP contribution < -0.4 is 0 Å². The molecule has 5 rings (SSSR count). The van der Waals surface area contributed by atoms with Crippen LogP contribution in [-0.2, 0) is 13.0 Å². The number of carbonyl (C=O) groups excluding carboxylic acids is 1. The molecule has 1 atom stereocenters. The Morgan fingerprint density at radius 1 is 1.17 bits per heavy atom. The number of imidazole rings is 1. The maximum absolute atomic E-state index is 13.3. The van der Waals surface area contributed by atoms with Gasteiger partial charge >= 0.3 is 0 Å². The summed E-state index contributed by atoms with van der Waals surface area (Å²) in [5.74, 6) is 0.175. The number of aromatic nitrogens is 4. The minimum Gasteiger partial charge on any atom is -0.347 e. The smallest absolute Gasteiger partial charge is 0.254 e. The van der Waals surface area contributed by atoms with Crippen molar-refractivity contribution in [3.05, 3.63) is 89.1 Å². The molecule has 8 heteroatoms. The summed E-state index contributed by atoms with van der Waals surface area (Å²) in [5.41, 5.74) is 4.08. The third-order valence-electron chi connectivity index (χ3n) is 5.29. The molecule has 7 nitrogen and oxygen atoms in total. The molecule has 1 N–H and O–H groups in total. The third-order valence-corrected chi connectivity index (χ3v) is 5.29. The zero-order valence-electron chi connectivity index (χ0n) is 16.2. The van der Waals surface area contributed by atoms with Crippen LogP contribution in [0, 0.1) is 12.7 Å². The number of rotatable bonds is 3. The average molecular weight is 403 g/mol. The average Bonchev–Trinajstić information content (AvgIpc) is 3.42. The van der Waals surface area contributed by atoms with Gasteiger partial charge in [-0.15, -0.1) is 0 Å². The summed E-state index contributed by atoms with van der Waals surface area (Å²) in [6, 6.07) is 12.8. The van der Waals surface area contributed by atoms with Crippen LogP contribution in [0.25, 0.3) is 11.4 Å². The number of aryl methyl sites for hydroxylation is 1. The summed E-state index contributed by atoms with van der Waals surface area (Å²) < 4.78 is 18.9. The van der Waals surface area contributed by atoms with Gasteiger partial charge in [-0.1, -0.05) is 35.0 Å². The van der Waals surface area contributed by atoms with Crippen molar-refractivity contribution in [3.63, 3.8) is 0 Å². The molecule has 1 amide bonds. The molecule has 1 aliphatic rings. The first-order valence-electron chi connectivity index (χ1n) is 9.57. The van der Waals surface area contributed by atoms with Gasteiger partial charge in [0, 0.05) is 17.5 Å². The number of nitrogens with zero attached hydrogens (tertiary/aromatic N) is 4. The van der Waals surface area contributed by atoms with Crippen LogP contribution in [0.2, 0.25) is 0 Å².